The number of anilines is 2. The first kappa shape index (κ1) is 9.54. The number of rotatable bonds is 0. The molecule has 0 atom stereocenters. The predicted molar refractivity (Wildman–Crippen MR) is 80.1 cm³/mol. The topological polar surface area (TPSA) is 52.0 Å². The maximum absolute atomic E-state index is 6.07. The Morgan fingerprint density at radius 1 is 0.556 bits per heavy atom. The third-order valence-corrected chi connectivity index (χ3v) is 3.73. The highest BCUT2D eigenvalue weighted by Crippen LogP contribution is 2.38. The van der Waals surface area contributed by atoms with E-state index in [4.69, 9.17) is 11.5 Å². The molecular formula is C16H13N2+. The Morgan fingerprint density at radius 3 is 1.39 bits per heavy atom. The van der Waals surface area contributed by atoms with E-state index in [1.807, 2.05) is 12.1 Å². The van der Waals surface area contributed by atoms with Crippen LogP contribution in [-0.4, -0.2) is 0 Å². The first-order valence-electron chi connectivity index (χ1n) is 5.97. The fourth-order valence-electron chi connectivity index (χ4n) is 2.85. The normalized spacial score (nSPS) is 11.8. The van der Waals surface area contributed by atoms with Gasteiger partial charge in [-0.25, -0.2) is 0 Å². The van der Waals surface area contributed by atoms with Gasteiger partial charge in [0.05, 0.1) is 0 Å². The van der Waals surface area contributed by atoms with Crippen LogP contribution in [0.4, 0.5) is 11.4 Å². The van der Waals surface area contributed by atoms with Crippen molar-refractivity contribution in [3.63, 3.8) is 0 Å². The molecule has 0 aliphatic rings. The molecule has 4 N–H and O–H groups in total. The first-order valence-corrected chi connectivity index (χ1v) is 5.97. The third kappa shape index (κ3) is 1.02. The second-order valence-corrected chi connectivity index (χ2v) is 4.73. The zero-order valence-corrected chi connectivity index (χ0v) is 9.77. The summed E-state index contributed by atoms with van der Waals surface area (Å²) < 4.78 is 0. The van der Waals surface area contributed by atoms with E-state index in [1.54, 1.807) is 0 Å². The SMILES string of the molecule is Nc1ccc2ccc3c(N)ccc4ccc1c2c43.[H+]. The molecule has 0 fully saturated rings. The van der Waals surface area contributed by atoms with Gasteiger partial charge in [0, 0.05) is 22.1 Å². The summed E-state index contributed by atoms with van der Waals surface area (Å²) in [5, 5.41) is 7.08. The number of benzene rings is 4. The molecule has 0 bridgehead atoms. The Balaban J connectivity index is 0.00000110. The highest BCUT2D eigenvalue weighted by Gasteiger charge is 2.10. The highest BCUT2D eigenvalue weighted by atomic mass is 14.6. The Kier molecular flexibility index (Phi) is 1.61. The Hall–Kier alpha value is -2.48. The number of hydrogen-bond acceptors (Lipinski definition) is 2. The van der Waals surface area contributed by atoms with Crippen LogP contribution in [0.3, 0.4) is 0 Å². The van der Waals surface area contributed by atoms with Crippen LogP contribution in [0.1, 0.15) is 1.43 Å². The van der Waals surface area contributed by atoms with E-state index in [2.05, 4.69) is 36.4 Å². The molecule has 0 aliphatic carbocycles. The van der Waals surface area contributed by atoms with E-state index in [0.29, 0.717) is 0 Å². The van der Waals surface area contributed by atoms with E-state index in [9.17, 15) is 0 Å². The lowest BCUT2D eigenvalue weighted by Gasteiger charge is -2.13. The summed E-state index contributed by atoms with van der Waals surface area (Å²) in [7, 11) is 0. The molecule has 0 unspecified atom stereocenters. The lowest BCUT2D eigenvalue weighted by molar-refractivity contribution is 1.75. The Labute approximate surface area is 106 Å². The molecular weight excluding hydrogens is 220 g/mol. The largest absolute Gasteiger partial charge is 1.00 e. The molecule has 0 saturated carbocycles. The van der Waals surface area contributed by atoms with Crippen molar-refractivity contribution in [3.05, 3.63) is 48.5 Å². The van der Waals surface area contributed by atoms with Crippen LogP contribution in [0.15, 0.2) is 48.5 Å². The summed E-state index contributed by atoms with van der Waals surface area (Å²) in [4.78, 5) is 0. The highest BCUT2D eigenvalue weighted by molar-refractivity contribution is 6.26. The summed E-state index contributed by atoms with van der Waals surface area (Å²) in [5.41, 5.74) is 13.8. The molecule has 4 aromatic carbocycles. The number of hydrogen-bond donors (Lipinski definition) is 2. The van der Waals surface area contributed by atoms with Crippen LogP contribution >= 0.6 is 0 Å². The van der Waals surface area contributed by atoms with Gasteiger partial charge in [0.25, 0.3) is 0 Å². The van der Waals surface area contributed by atoms with Crippen molar-refractivity contribution in [1.29, 1.82) is 0 Å². The predicted octanol–water partition coefficient (Wildman–Crippen LogP) is 3.86. The molecule has 4 aromatic rings. The number of nitrogens with two attached hydrogens (primary N) is 2. The Bertz CT molecular complexity index is 823. The van der Waals surface area contributed by atoms with Gasteiger partial charge in [-0.3, -0.25) is 0 Å². The maximum atomic E-state index is 6.07. The average Bonchev–Trinajstić information content (AvgIpc) is 2.40. The standard InChI is InChI=1S/C16H12N2/c17-13-8-4-10-2-6-12-14(18)7-3-9-1-5-11(13)16(10)15(9)12/h1-8H,17-18H2/p+1. The van der Waals surface area contributed by atoms with Gasteiger partial charge in [-0.2, -0.15) is 0 Å². The number of nitrogen functional groups attached to an aromatic ring is 2. The van der Waals surface area contributed by atoms with E-state index in [-0.39, 0.29) is 1.43 Å². The monoisotopic (exact) mass is 233 g/mol. The molecule has 0 saturated heterocycles. The molecule has 0 spiro atoms. The molecule has 86 valence electrons. The molecule has 0 aromatic heterocycles. The molecule has 4 rings (SSSR count). The molecule has 0 radical (unpaired) electrons. The second-order valence-electron chi connectivity index (χ2n) is 4.73. The summed E-state index contributed by atoms with van der Waals surface area (Å²) in [6.45, 7) is 0. The van der Waals surface area contributed by atoms with Crippen molar-refractivity contribution in [2.75, 3.05) is 11.5 Å². The minimum atomic E-state index is 0. The van der Waals surface area contributed by atoms with Crippen molar-refractivity contribution in [2.24, 2.45) is 0 Å². The van der Waals surface area contributed by atoms with Crippen molar-refractivity contribution in [3.8, 4) is 0 Å². The summed E-state index contributed by atoms with van der Waals surface area (Å²) in [5.74, 6) is 0. The van der Waals surface area contributed by atoms with Crippen molar-refractivity contribution in [2.45, 2.75) is 0 Å². The molecule has 0 amide bonds. The minimum absolute atomic E-state index is 0. The molecule has 18 heavy (non-hydrogen) atoms. The molecule has 2 nitrogen and oxygen atoms in total. The third-order valence-electron chi connectivity index (χ3n) is 3.73. The summed E-state index contributed by atoms with van der Waals surface area (Å²) in [6, 6.07) is 16.5. The molecule has 0 aliphatic heterocycles. The van der Waals surface area contributed by atoms with Gasteiger partial charge >= 0.3 is 1.43 Å². The van der Waals surface area contributed by atoms with E-state index < -0.39 is 0 Å². The van der Waals surface area contributed by atoms with E-state index >= 15 is 0 Å². The van der Waals surface area contributed by atoms with E-state index in [1.165, 1.54) is 21.5 Å². The van der Waals surface area contributed by atoms with Crippen LogP contribution in [0, 0.1) is 0 Å². The van der Waals surface area contributed by atoms with Crippen LogP contribution in [0.25, 0.3) is 32.3 Å². The van der Waals surface area contributed by atoms with Crippen molar-refractivity contribution in [1.82, 2.24) is 0 Å². The smallest absolute Gasteiger partial charge is 0.398 e. The van der Waals surface area contributed by atoms with Gasteiger partial charge in [-0.15, -0.1) is 0 Å². The Morgan fingerprint density at radius 2 is 0.944 bits per heavy atom. The van der Waals surface area contributed by atoms with Crippen LogP contribution in [0.5, 0.6) is 0 Å². The van der Waals surface area contributed by atoms with Gasteiger partial charge in [-0.05, 0) is 33.7 Å². The fourth-order valence-corrected chi connectivity index (χ4v) is 2.85. The lowest BCUT2D eigenvalue weighted by Crippen LogP contribution is -1.92. The average molecular weight is 233 g/mol. The molecule has 0 heterocycles. The second kappa shape index (κ2) is 3.05. The van der Waals surface area contributed by atoms with Gasteiger partial charge in [0.2, 0.25) is 0 Å². The quantitative estimate of drug-likeness (QED) is 0.358. The first-order chi connectivity index (χ1) is 8.75. The van der Waals surface area contributed by atoms with Gasteiger partial charge in [0.1, 0.15) is 0 Å². The van der Waals surface area contributed by atoms with Gasteiger partial charge < -0.3 is 11.5 Å². The van der Waals surface area contributed by atoms with E-state index in [0.717, 1.165) is 22.1 Å². The molecule has 2 heteroatoms. The van der Waals surface area contributed by atoms with Crippen LogP contribution in [-0.2, 0) is 0 Å². The zero-order valence-electron chi connectivity index (χ0n) is 10.8. The zero-order chi connectivity index (χ0) is 12.3. The maximum Gasteiger partial charge on any atom is 1.00 e. The fraction of sp³-hybridized carbons (Fsp3) is 0. The van der Waals surface area contributed by atoms with Crippen LogP contribution in [0.2, 0.25) is 0 Å². The van der Waals surface area contributed by atoms with Gasteiger partial charge in [-0.1, -0.05) is 36.4 Å². The summed E-state index contributed by atoms with van der Waals surface area (Å²) >= 11 is 0. The van der Waals surface area contributed by atoms with Crippen molar-refractivity contribution < 1.29 is 1.43 Å². The van der Waals surface area contributed by atoms with Crippen LogP contribution < -0.4 is 11.5 Å². The summed E-state index contributed by atoms with van der Waals surface area (Å²) in [6.07, 6.45) is 0. The lowest BCUT2D eigenvalue weighted by atomic mass is 9.93. The van der Waals surface area contributed by atoms with Gasteiger partial charge in [0.15, 0.2) is 0 Å². The minimum Gasteiger partial charge on any atom is -0.398 e. The van der Waals surface area contributed by atoms with Crippen molar-refractivity contribution >= 4 is 43.7 Å².